The van der Waals surface area contributed by atoms with Crippen LogP contribution < -0.4 is 15.0 Å². The van der Waals surface area contributed by atoms with E-state index in [2.05, 4.69) is 10.2 Å². The van der Waals surface area contributed by atoms with Crippen LogP contribution in [-0.4, -0.2) is 54.4 Å². The van der Waals surface area contributed by atoms with E-state index in [1.807, 2.05) is 0 Å². The van der Waals surface area contributed by atoms with E-state index in [-0.39, 0.29) is 23.3 Å². The van der Waals surface area contributed by atoms with Crippen molar-refractivity contribution in [3.8, 4) is 5.75 Å². The summed E-state index contributed by atoms with van der Waals surface area (Å²) in [5, 5.41) is 12.7. The SMILES string of the molecule is COc1ccc2nc(N3C4COCC3C4)sc2c1C(=O)Nc1cccc(F)c1C(=O)O. The Bertz CT molecular complexity index is 1200. The van der Waals surface area contributed by atoms with Gasteiger partial charge in [0.1, 0.15) is 22.7 Å². The number of carbonyl (C=O) groups is 2. The van der Waals surface area contributed by atoms with E-state index in [1.165, 1.54) is 30.6 Å². The van der Waals surface area contributed by atoms with Gasteiger partial charge in [-0.1, -0.05) is 17.4 Å². The van der Waals surface area contributed by atoms with Crippen molar-refractivity contribution in [3.05, 3.63) is 47.3 Å². The van der Waals surface area contributed by atoms with Crippen LogP contribution in [0, 0.1) is 5.82 Å². The average Bonchev–Trinajstić information content (AvgIpc) is 3.16. The zero-order chi connectivity index (χ0) is 21.7. The molecule has 10 heteroatoms. The van der Waals surface area contributed by atoms with E-state index >= 15 is 0 Å². The molecule has 0 radical (unpaired) electrons. The Morgan fingerprint density at radius 3 is 2.71 bits per heavy atom. The summed E-state index contributed by atoms with van der Waals surface area (Å²) in [6, 6.07) is 7.70. The Kier molecular flexibility index (Phi) is 4.75. The molecule has 160 valence electrons. The summed E-state index contributed by atoms with van der Waals surface area (Å²) in [5.41, 5.74) is 0.136. The number of halogens is 1. The van der Waals surface area contributed by atoms with E-state index in [1.54, 1.807) is 12.1 Å². The molecule has 2 atom stereocenters. The van der Waals surface area contributed by atoms with Gasteiger partial charge in [0, 0.05) is 0 Å². The first kappa shape index (κ1) is 19.7. The lowest BCUT2D eigenvalue weighted by molar-refractivity contribution is 0.0103. The van der Waals surface area contributed by atoms with E-state index in [0.29, 0.717) is 29.2 Å². The summed E-state index contributed by atoms with van der Waals surface area (Å²) in [5.74, 6) is -2.68. The number of fused-ring (bicyclic) bond motifs is 3. The van der Waals surface area contributed by atoms with Crippen molar-refractivity contribution in [1.29, 1.82) is 0 Å². The van der Waals surface area contributed by atoms with Gasteiger partial charge in [0.15, 0.2) is 5.13 Å². The van der Waals surface area contributed by atoms with Gasteiger partial charge in [-0.25, -0.2) is 14.2 Å². The molecule has 0 aliphatic carbocycles. The second-order valence-electron chi connectivity index (χ2n) is 7.40. The average molecular weight is 443 g/mol. The van der Waals surface area contributed by atoms with Crippen molar-refractivity contribution >= 4 is 44.2 Å². The molecule has 8 nitrogen and oxygen atoms in total. The number of aromatic nitrogens is 1. The Morgan fingerprint density at radius 1 is 1.26 bits per heavy atom. The molecule has 3 heterocycles. The third-order valence-electron chi connectivity index (χ3n) is 5.60. The predicted octanol–water partition coefficient (Wildman–Crippen LogP) is 3.37. The molecule has 2 aromatic carbocycles. The lowest BCUT2D eigenvalue weighted by atomic mass is 9.92. The van der Waals surface area contributed by atoms with Gasteiger partial charge in [-0.2, -0.15) is 0 Å². The first-order valence-electron chi connectivity index (χ1n) is 9.64. The van der Waals surface area contributed by atoms with Gasteiger partial charge in [-0.15, -0.1) is 0 Å². The molecule has 2 saturated heterocycles. The smallest absolute Gasteiger partial charge is 0.340 e. The third-order valence-corrected chi connectivity index (χ3v) is 6.71. The van der Waals surface area contributed by atoms with Crippen LogP contribution in [0.2, 0.25) is 0 Å². The van der Waals surface area contributed by atoms with Crippen LogP contribution in [0.1, 0.15) is 27.1 Å². The molecular weight excluding hydrogens is 425 g/mol. The topological polar surface area (TPSA) is 101 Å². The predicted molar refractivity (Wildman–Crippen MR) is 113 cm³/mol. The van der Waals surface area contributed by atoms with Crippen LogP contribution in [0.15, 0.2) is 30.3 Å². The maximum atomic E-state index is 14.0. The van der Waals surface area contributed by atoms with Crippen molar-refractivity contribution in [2.75, 3.05) is 30.5 Å². The minimum atomic E-state index is -1.47. The fraction of sp³-hybridized carbons (Fsp3) is 0.286. The number of anilines is 2. The molecule has 2 aliphatic rings. The number of hydrogen-bond acceptors (Lipinski definition) is 7. The highest BCUT2D eigenvalue weighted by Gasteiger charge is 2.44. The molecule has 2 aliphatic heterocycles. The van der Waals surface area contributed by atoms with Crippen LogP contribution in [0.3, 0.4) is 0 Å². The number of carbonyl (C=O) groups excluding carboxylic acids is 1. The number of nitrogens with one attached hydrogen (secondary N) is 1. The number of carboxylic acids is 1. The molecular formula is C21H18FN3O5S. The number of morpholine rings is 1. The number of rotatable bonds is 5. The minimum absolute atomic E-state index is 0.129. The number of hydrogen-bond donors (Lipinski definition) is 2. The van der Waals surface area contributed by atoms with Crippen molar-refractivity contribution < 1.29 is 28.6 Å². The molecule has 1 aromatic heterocycles. The van der Waals surface area contributed by atoms with E-state index in [9.17, 15) is 19.1 Å². The van der Waals surface area contributed by atoms with Crippen LogP contribution >= 0.6 is 11.3 Å². The number of thiazole rings is 1. The molecule has 2 bridgehead atoms. The number of nitrogens with zero attached hydrogens (tertiary/aromatic N) is 2. The van der Waals surface area contributed by atoms with E-state index < -0.39 is 23.3 Å². The normalized spacial score (nSPS) is 19.7. The Labute approximate surface area is 180 Å². The standard InChI is InChI=1S/C21H18FN3O5S/c1-29-15-6-5-14-18(31-21(24-14)25-10-7-11(25)9-30-8-10)17(15)19(26)23-13-4-2-3-12(22)16(13)20(27)28/h2-6,10-11H,7-9H2,1H3,(H,23,26)(H,27,28). The first-order chi connectivity index (χ1) is 15.0. The zero-order valence-electron chi connectivity index (χ0n) is 16.4. The quantitative estimate of drug-likeness (QED) is 0.624. The minimum Gasteiger partial charge on any atom is -0.496 e. The van der Waals surface area contributed by atoms with Crippen LogP contribution in [-0.2, 0) is 4.74 Å². The third kappa shape index (κ3) is 3.19. The summed E-state index contributed by atoms with van der Waals surface area (Å²) >= 11 is 1.37. The second kappa shape index (κ2) is 7.47. The van der Waals surface area contributed by atoms with Crippen LogP contribution in [0.4, 0.5) is 15.2 Å². The number of benzene rings is 2. The van der Waals surface area contributed by atoms with Gasteiger partial charge in [0.05, 0.1) is 48.3 Å². The fourth-order valence-electron chi connectivity index (χ4n) is 4.14. The highest BCUT2D eigenvalue weighted by atomic mass is 32.1. The first-order valence-corrected chi connectivity index (χ1v) is 10.5. The van der Waals surface area contributed by atoms with Crippen LogP contribution in [0.25, 0.3) is 10.2 Å². The number of methoxy groups -OCH3 is 1. The molecule has 2 fully saturated rings. The maximum Gasteiger partial charge on any atom is 0.340 e. The van der Waals surface area contributed by atoms with Gasteiger partial charge in [0.25, 0.3) is 5.91 Å². The number of amides is 1. The molecule has 0 spiro atoms. The summed E-state index contributed by atoms with van der Waals surface area (Å²) in [6.07, 6.45) is 1.06. The number of carboxylic acid groups (broad SMARTS) is 1. The summed E-state index contributed by atoms with van der Waals surface area (Å²) in [7, 11) is 1.45. The maximum absolute atomic E-state index is 14.0. The largest absolute Gasteiger partial charge is 0.496 e. The van der Waals surface area contributed by atoms with E-state index in [0.717, 1.165) is 17.6 Å². The van der Waals surface area contributed by atoms with Gasteiger partial charge in [0.2, 0.25) is 0 Å². The highest BCUT2D eigenvalue weighted by molar-refractivity contribution is 7.22. The summed E-state index contributed by atoms with van der Waals surface area (Å²) in [4.78, 5) is 31.6. The Hall–Kier alpha value is -3.24. The highest BCUT2D eigenvalue weighted by Crippen LogP contribution is 2.42. The van der Waals surface area contributed by atoms with Crippen molar-refractivity contribution in [1.82, 2.24) is 4.98 Å². The van der Waals surface area contributed by atoms with Gasteiger partial charge < -0.3 is 24.8 Å². The second-order valence-corrected chi connectivity index (χ2v) is 8.37. The van der Waals surface area contributed by atoms with Gasteiger partial charge in [-0.05, 0) is 30.7 Å². The summed E-state index contributed by atoms with van der Waals surface area (Å²) < 4.78 is 25.6. The Balaban J connectivity index is 1.55. The molecule has 3 aromatic rings. The van der Waals surface area contributed by atoms with Crippen molar-refractivity contribution in [3.63, 3.8) is 0 Å². The molecule has 0 saturated carbocycles. The molecule has 5 rings (SSSR count). The summed E-state index contributed by atoms with van der Waals surface area (Å²) in [6.45, 7) is 1.31. The van der Waals surface area contributed by atoms with Gasteiger partial charge in [-0.3, -0.25) is 4.79 Å². The van der Waals surface area contributed by atoms with Crippen molar-refractivity contribution in [2.45, 2.75) is 18.5 Å². The Morgan fingerprint density at radius 2 is 2.03 bits per heavy atom. The lowest BCUT2D eigenvalue weighted by Gasteiger charge is -2.52. The number of ether oxygens (including phenoxy) is 2. The monoisotopic (exact) mass is 443 g/mol. The molecule has 2 N–H and O–H groups in total. The molecule has 1 amide bonds. The van der Waals surface area contributed by atoms with Gasteiger partial charge >= 0.3 is 5.97 Å². The molecule has 2 unspecified atom stereocenters. The van der Waals surface area contributed by atoms with E-state index in [4.69, 9.17) is 14.5 Å². The zero-order valence-corrected chi connectivity index (χ0v) is 17.2. The lowest BCUT2D eigenvalue weighted by Crippen LogP contribution is -2.64. The molecule has 31 heavy (non-hydrogen) atoms. The van der Waals surface area contributed by atoms with Crippen LogP contribution in [0.5, 0.6) is 5.75 Å². The number of aromatic carboxylic acids is 1. The fourth-order valence-corrected chi connectivity index (χ4v) is 5.38. The van der Waals surface area contributed by atoms with Crippen molar-refractivity contribution in [2.24, 2.45) is 0 Å².